The predicted octanol–water partition coefficient (Wildman–Crippen LogP) is 2.60. The number of pyridine rings is 1. The van der Waals surface area contributed by atoms with Crippen LogP contribution in [0.5, 0.6) is 0 Å². The molecular weight excluding hydrogens is 253 g/mol. The van der Waals surface area contributed by atoms with Crippen LogP contribution in [-0.2, 0) is 9.31 Å². The zero-order valence-corrected chi connectivity index (χ0v) is 12.2. The number of hydrogen-bond acceptors (Lipinski definition) is 4. The Hall–Kier alpha value is -1.66. The van der Waals surface area contributed by atoms with E-state index in [1.807, 2.05) is 45.8 Å². The van der Waals surface area contributed by atoms with E-state index in [0.29, 0.717) is 0 Å². The van der Waals surface area contributed by atoms with Crippen molar-refractivity contribution in [1.82, 2.24) is 15.0 Å². The van der Waals surface area contributed by atoms with Gasteiger partial charge in [0.1, 0.15) is 0 Å². The number of nitrogens with one attached hydrogen (secondary N) is 1. The molecule has 5 nitrogen and oxygen atoms in total. The highest BCUT2D eigenvalue weighted by Gasteiger charge is 2.49. The molecule has 0 unspecified atom stereocenters. The van der Waals surface area contributed by atoms with Crippen molar-refractivity contribution in [3.63, 3.8) is 0 Å². The van der Waals surface area contributed by atoms with Crippen LogP contribution >= 0.6 is 0 Å². The summed E-state index contributed by atoms with van der Waals surface area (Å²) in [7, 11) is -0.336. The summed E-state index contributed by atoms with van der Waals surface area (Å²) < 4.78 is 11.8. The summed E-state index contributed by atoms with van der Waals surface area (Å²) in [6, 6.07) is 2.00. The van der Waals surface area contributed by atoms with E-state index in [-0.39, 0.29) is 18.3 Å². The van der Waals surface area contributed by atoms with Crippen molar-refractivity contribution in [3.05, 3.63) is 30.1 Å². The van der Waals surface area contributed by atoms with Crippen molar-refractivity contribution >= 4 is 24.4 Å². The fourth-order valence-electron chi connectivity index (χ4n) is 2.09. The Morgan fingerprint density at radius 3 is 2.55 bits per heavy atom. The molecule has 6 heteroatoms. The molecule has 20 heavy (non-hydrogen) atoms. The number of aromatic nitrogens is 3. The maximum Gasteiger partial charge on any atom is 0.487 e. The fraction of sp³-hybridized carbons (Fsp3) is 0.429. The molecule has 1 fully saturated rings. The van der Waals surface area contributed by atoms with Crippen molar-refractivity contribution in [2.24, 2.45) is 0 Å². The van der Waals surface area contributed by atoms with Gasteiger partial charge in [0.05, 0.1) is 23.0 Å². The second-order valence-electron chi connectivity index (χ2n) is 6.03. The molecule has 0 bridgehead atoms. The van der Waals surface area contributed by atoms with Crippen LogP contribution in [0.1, 0.15) is 33.3 Å². The van der Waals surface area contributed by atoms with Gasteiger partial charge in [0.15, 0.2) is 5.65 Å². The van der Waals surface area contributed by atoms with Gasteiger partial charge in [-0.25, -0.2) is 9.97 Å². The molecule has 0 aliphatic carbocycles. The van der Waals surface area contributed by atoms with E-state index >= 15 is 0 Å². The first-order valence-electron chi connectivity index (χ1n) is 6.70. The molecule has 0 amide bonds. The predicted molar refractivity (Wildman–Crippen MR) is 79.0 cm³/mol. The summed E-state index contributed by atoms with van der Waals surface area (Å²) in [4.78, 5) is 11.4. The van der Waals surface area contributed by atoms with E-state index < -0.39 is 0 Å². The summed E-state index contributed by atoms with van der Waals surface area (Å²) in [5, 5.41) is 0. The standard InChI is InChI=1S/C14H18BN3O2/c1-13(2)14(3,4)20-15(19-13)6-5-10-7-11-12(16-8-10)18-9-17-11/h5-9H,1-4H3,(H,16,17,18)/b6-5+. The van der Waals surface area contributed by atoms with Crippen LogP contribution < -0.4 is 0 Å². The van der Waals surface area contributed by atoms with Crippen LogP contribution in [-0.4, -0.2) is 33.3 Å². The first-order chi connectivity index (χ1) is 9.37. The van der Waals surface area contributed by atoms with Crippen LogP contribution in [0.25, 0.3) is 17.2 Å². The Bertz CT molecular complexity index is 647. The molecule has 1 N–H and O–H groups in total. The highest BCUT2D eigenvalue weighted by atomic mass is 16.7. The number of imidazole rings is 1. The highest BCUT2D eigenvalue weighted by Crippen LogP contribution is 2.37. The monoisotopic (exact) mass is 271 g/mol. The topological polar surface area (TPSA) is 60.0 Å². The molecule has 1 aliphatic rings. The molecule has 0 atom stereocenters. The molecule has 0 saturated carbocycles. The quantitative estimate of drug-likeness (QED) is 0.853. The Morgan fingerprint density at radius 2 is 1.85 bits per heavy atom. The number of hydrogen-bond donors (Lipinski definition) is 1. The lowest BCUT2D eigenvalue weighted by Gasteiger charge is -2.32. The van der Waals surface area contributed by atoms with Gasteiger partial charge in [-0.3, -0.25) is 0 Å². The maximum absolute atomic E-state index is 5.91. The van der Waals surface area contributed by atoms with E-state index in [1.165, 1.54) is 0 Å². The van der Waals surface area contributed by atoms with E-state index in [1.54, 1.807) is 12.5 Å². The molecule has 2 aromatic heterocycles. The average molecular weight is 271 g/mol. The van der Waals surface area contributed by atoms with Crippen molar-refractivity contribution < 1.29 is 9.31 Å². The van der Waals surface area contributed by atoms with E-state index in [9.17, 15) is 0 Å². The molecule has 2 aromatic rings. The average Bonchev–Trinajstić information content (AvgIpc) is 2.89. The SMILES string of the molecule is CC1(C)OB(/C=C/c2cnc3nc[nH]c3c2)OC1(C)C. The van der Waals surface area contributed by atoms with E-state index in [4.69, 9.17) is 9.31 Å². The van der Waals surface area contributed by atoms with Gasteiger partial charge in [0.2, 0.25) is 0 Å². The van der Waals surface area contributed by atoms with Crippen molar-refractivity contribution in [2.45, 2.75) is 38.9 Å². The zero-order valence-electron chi connectivity index (χ0n) is 12.2. The van der Waals surface area contributed by atoms with Gasteiger partial charge < -0.3 is 14.3 Å². The first-order valence-corrected chi connectivity index (χ1v) is 6.70. The Balaban J connectivity index is 1.78. The van der Waals surface area contributed by atoms with Gasteiger partial charge in [0.25, 0.3) is 0 Å². The van der Waals surface area contributed by atoms with Gasteiger partial charge >= 0.3 is 7.12 Å². The smallest absolute Gasteiger partial charge is 0.400 e. The van der Waals surface area contributed by atoms with E-state index in [2.05, 4.69) is 15.0 Å². The van der Waals surface area contributed by atoms with Crippen LogP contribution in [0, 0.1) is 0 Å². The van der Waals surface area contributed by atoms with Crippen LogP contribution in [0.2, 0.25) is 0 Å². The molecule has 1 aliphatic heterocycles. The number of nitrogens with zero attached hydrogens (tertiary/aromatic N) is 2. The van der Waals surface area contributed by atoms with Gasteiger partial charge in [-0.2, -0.15) is 0 Å². The third-order valence-corrected chi connectivity index (χ3v) is 4.01. The molecule has 3 rings (SSSR count). The molecule has 0 spiro atoms. The lowest BCUT2D eigenvalue weighted by atomic mass is 9.89. The maximum atomic E-state index is 5.91. The molecule has 104 valence electrons. The van der Waals surface area contributed by atoms with Crippen LogP contribution in [0.4, 0.5) is 0 Å². The van der Waals surface area contributed by atoms with Crippen molar-refractivity contribution in [3.8, 4) is 0 Å². The Kier molecular flexibility index (Phi) is 2.95. The largest absolute Gasteiger partial charge is 0.487 e. The van der Waals surface area contributed by atoms with Crippen LogP contribution in [0.15, 0.2) is 24.6 Å². The molecule has 0 radical (unpaired) electrons. The van der Waals surface area contributed by atoms with Gasteiger partial charge in [-0.15, -0.1) is 0 Å². The minimum atomic E-state index is -0.336. The van der Waals surface area contributed by atoms with E-state index in [0.717, 1.165) is 16.7 Å². The Labute approximate surface area is 118 Å². The summed E-state index contributed by atoms with van der Waals surface area (Å²) >= 11 is 0. The zero-order chi connectivity index (χ0) is 14.4. The summed E-state index contributed by atoms with van der Waals surface area (Å²) in [5.41, 5.74) is 2.00. The second-order valence-corrected chi connectivity index (χ2v) is 6.03. The molecule has 1 saturated heterocycles. The number of H-pyrrole nitrogens is 1. The third-order valence-electron chi connectivity index (χ3n) is 4.01. The van der Waals surface area contributed by atoms with Crippen LogP contribution in [0.3, 0.4) is 0 Å². The minimum absolute atomic E-state index is 0.312. The van der Waals surface area contributed by atoms with Gasteiger partial charge in [-0.05, 0) is 39.3 Å². The first kappa shape index (κ1) is 13.3. The molecular formula is C14H18BN3O2. The highest BCUT2D eigenvalue weighted by molar-refractivity contribution is 6.52. The number of fused-ring (bicyclic) bond motifs is 1. The van der Waals surface area contributed by atoms with Crippen molar-refractivity contribution in [1.29, 1.82) is 0 Å². The van der Waals surface area contributed by atoms with Gasteiger partial charge in [-0.1, -0.05) is 12.1 Å². The molecule has 3 heterocycles. The molecule has 0 aromatic carbocycles. The second kappa shape index (κ2) is 4.43. The summed E-state index contributed by atoms with van der Waals surface area (Å²) in [6.45, 7) is 8.16. The number of aromatic amines is 1. The fourth-order valence-corrected chi connectivity index (χ4v) is 2.09. The third kappa shape index (κ3) is 2.25. The Morgan fingerprint density at radius 1 is 1.15 bits per heavy atom. The number of rotatable bonds is 2. The minimum Gasteiger partial charge on any atom is -0.400 e. The van der Waals surface area contributed by atoms with Gasteiger partial charge in [0, 0.05) is 6.20 Å². The lowest BCUT2D eigenvalue weighted by molar-refractivity contribution is 0.00578. The summed E-state index contributed by atoms with van der Waals surface area (Å²) in [6.07, 6.45) is 5.37. The van der Waals surface area contributed by atoms with Crippen molar-refractivity contribution in [2.75, 3.05) is 0 Å². The normalized spacial score (nSPS) is 21.1. The summed E-state index contributed by atoms with van der Waals surface area (Å²) in [5.74, 6) is 1.91. The lowest BCUT2D eigenvalue weighted by Crippen LogP contribution is -2.41.